The Labute approximate surface area is 202 Å². The first-order valence-corrected chi connectivity index (χ1v) is 11.8. The van der Waals surface area contributed by atoms with Gasteiger partial charge in [-0.15, -0.1) is 5.10 Å². The highest BCUT2D eigenvalue weighted by molar-refractivity contribution is 5.81. The number of aryl methyl sites for hydroxylation is 2. The van der Waals surface area contributed by atoms with E-state index in [0.717, 1.165) is 35.2 Å². The number of pyridine rings is 1. The summed E-state index contributed by atoms with van der Waals surface area (Å²) in [5, 5.41) is 13.7. The van der Waals surface area contributed by atoms with Crippen molar-refractivity contribution < 1.29 is 4.42 Å². The number of tetrazole rings is 1. The van der Waals surface area contributed by atoms with Gasteiger partial charge >= 0.3 is 0 Å². The van der Waals surface area contributed by atoms with E-state index in [1.807, 2.05) is 24.3 Å². The molecule has 35 heavy (non-hydrogen) atoms. The third kappa shape index (κ3) is 3.95. The lowest BCUT2D eigenvalue weighted by Crippen LogP contribution is -2.38. The van der Waals surface area contributed by atoms with E-state index in [0.29, 0.717) is 24.5 Å². The van der Waals surface area contributed by atoms with Gasteiger partial charge in [-0.2, -0.15) is 0 Å². The minimum Gasteiger partial charge on any atom is -0.467 e. The van der Waals surface area contributed by atoms with Crippen LogP contribution in [-0.2, 0) is 19.5 Å². The SMILES string of the molecule is Cc1cc2cc([C@H](c3nnnn3Cc3ccco3)N3CCc4ccccc4C3)c(=O)[nH]c2cc1C. The van der Waals surface area contributed by atoms with Gasteiger partial charge in [0.05, 0.1) is 6.26 Å². The standard InChI is InChI=1S/C27H26N6O2/c1-17-12-21-14-23(27(34)28-24(21)13-18(17)2)25(32-10-9-19-6-3-4-7-20(19)15-32)26-29-30-31-33(26)16-22-8-5-11-35-22/h3-8,11-14,25H,9-10,15-16H2,1-2H3,(H,28,34)/t25-/m1/s1. The summed E-state index contributed by atoms with van der Waals surface area (Å²) in [5.41, 5.74) is 6.27. The smallest absolute Gasteiger partial charge is 0.253 e. The van der Waals surface area contributed by atoms with Gasteiger partial charge in [-0.1, -0.05) is 24.3 Å². The summed E-state index contributed by atoms with van der Waals surface area (Å²) in [7, 11) is 0. The van der Waals surface area contributed by atoms with Crippen molar-refractivity contribution in [2.24, 2.45) is 0 Å². The molecule has 0 saturated carbocycles. The van der Waals surface area contributed by atoms with E-state index in [9.17, 15) is 4.79 Å². The molecule has 4 heterocycles. The summed E-state index contributed by atoms with van der Waals surface area (Å²) in [6.07, 6.45) is 2.53. The molecule has 0 radical (unpaired) electrons. The zero-order chi connectivity index (χ0) is 23.9. The van der Waals surface area contributed by atoms with Crippen LogP contribution in [0.15, 0.2) is 70.1 Å². The minimum atomic E-state index is -0.414. The van der Waals surface area contributed by atoms with Crippen LogP contribution in [0.3, 0.4) is 0 Å². The highest BCUT2D eigenvalue weighted by Gasteiger charge is 2.32. The van der Waals surface area contributed by atoms with Gasteiger partial charge < -0.3 is 9.40 Å². The van der Waals surface area contributed by atoms with E-state index >= 15 is 0 Å². The second-order valence-corrected chi connectivity index (χ2v) is 9.24. The van der Waals surface area contributed by atoms with Crippen LogP contribution in [0.2, 0.25) is 0 Å². The van der Waals surface area contributed by atoms with Crippen LogP contribution in [0.4, 0.5) is 0 Å². The molecular formula is C27H26N6O2. The Morgan fingerprint density at radius 3 is 2.71 bits per heavy atom. The quantitative estimate of drug-likeness (QED) is 0.422. The number of H-pyrrole nitrogens is 1. The molecule has 1 N–H and O–H groups in total. The lowest BCUT2D eigenvalue weighted by molar-refractivity contribution is 0.193. The molecule has 0 saturated heterocycles. The summed E-state index contributed by atoms with van der Waals surface area (Å²) >= 11 is 0. The number of hydrogen-bond acceptors (Lipinski definition) is 6. The Hall–Kier alpha value is -4.04. The van der Waals surface area contributed by atoms with Crippen LogP contribution in [0.5, 0.6) is 0 Å². The van der Waals surface area contributed by atoms with Gasteiger partial charge in [0.15, 0.2) is 5.82 Å². The fourth-order valence-electron chi connectivity index (χ4n) is 5.00. The fourth-order valence-corrected chi connectivity index (χ4v) is 5.00. The first kappa shape index (κ1) is 21.5. The zero-order valence-corrected chi connectivity index (χ0v) is 19.7. The Morgan fingerprint density at radius 1 is 1.06 bits per heavy atom. The van der Waals surface area contributed by atoms with E-state index in [1.165, 1.54) is 16.7 Å². The predicted molar refractivity (Wildman–Crippen MR) is 132 cm³/mol. The molecule has 6 rings (SSSR count). The van der Waals surface area contributed by atoms with E-state index < -0.39 is 6.04 Å². The van der Waals surface area contributed by atoms with Crippen LogP contribution in [0, 0.1) is 13.8 Å². The summed E-state index contributed by atoms with van der Waals surface area (Å²) in [6, 6.07) is 17.9. The Balaban J connectivity index is 1.50. The average Bonchev–Trinajstić information content (AvgIpc) is 3.54. The molecule has 8 nitrogen and oxygen atoms in total. The molecule has 0 bridgehead atoms. The second kappa shape index (κ2) is 8.63. The van der Waals surface area contributed by atoms with Gasteiger partial charge in [0, 0.05) is 24.2 Å². The number of furan rings is 1. The third-order valence-electron chi connectivity index (χ3n) is 7.00. The Bertz CT molecular complexity index is 1570. The fraction of sp³-hybridized carbons (Fsp3) is 0.259. The lowest BCUT2D eigenvalue weighted by Gasteiger charge is -2.34. The number of hydrogen-bond donors (Lipinski definition) is 1. The highest BCUT2D eigenvalue weighted by Crippen LogP contribution is 2.32. The van der Waals surface area contributed by atoms with Crippen molar-refractivity contribution >= 4 is 10.9 Å². The maximum Gasteiger partial charge on any atom is 0.253 e. The molecule has 1 atom stereocenters. The van der Waals surface area contributed by atoms with Crippen LogP contribution in [0.25, 0.3) is 10.9 Å². The van der Waals surface area contributed by atoms with Crippen LogP contribution >= 0.6 is 0 Å². The highest BCUT2D eigenvalue weighted by atomic mass is 16.3. The number of nitrogens with one attached hydrogen (secondary N) is 1. The number of rotatable bonds is 5. The van der Waals surface area contributed by atoms with Crippen molar-refractivity contribution in [2.75, 3.05) is 6.54 Å². The van der Waals surface area contributed by atoms with Gasteiger partial charge in [0.2, 0.25) is 0 Å². The normalized spacial score (nSPS) is 14.8. The number of nitrogens with zero attached hydrogens (tertiary/aromatic N) is 5. The van der Waals surface area contributed by atoms with Gasteiger partial charge in [-0.25, -0.2) is 4.68 Å². The molecule has 0 amide bonds. The van der Waals surface area contributed by atoms with Crippen molar-refractivity contribution in [1.82, 2.24) is 30.1 Å². The topological polar surface area (TPSA) is 92.8 Å². The first-order valence-electron chi connectivity index (χ1n) is 11.8. The van der Waals surface area contributed by atoms with E-state index in [-0.39, 0.29) is 5.56 Å². The summed E-state index contributed by atoms with van der Waals surface area (Å²) in [4.78, 5) is 18.9. The molecule has 0 spiro atoms. The molecule has 3 aromatic heterocycles. The summed E-state index contributed by atoms with van der Waals surface area (Å²) in [6.45, 7) is 6.03. The number of fused-ring (bicyclic) bond motifs is 2. The van der Waals surface area contributed by atoms with Gasteiger partial charge in [0.25, 0.3) is 5.56 Å². The summed E-state index contributed by atoms with van der Waals surface area (Å²) < 4.78 is 7.28. The second-order valence-electron chi connectivity index (χ2n) is 9.24. The molecule has 2 aromatic carbocycles. The molecule has 5 aromatic rings. The summed E-state index contributed by atoms with van der Waals surface area (Å²) in [5.74, 6) is 1.37. The van der Waals surface area contributed by atoms with Crippen molar-refractivity contribution in [3.63, 3.8) is 0 Å². The molecule has 0 unspecified atom stereocenters. The van der Waals surface area contributed by atoms with Gasteiger partial charge in [-0.05, 0) is 88.7 Å². The molecule has 0 aliphatic carbocycles. The van der Waals surface area contributed by atoms with E-state index in [1.54, 1.807) is 10.9 Å². The number of aromatic amines is 1. The van der Waals surface area contributed by atoms with Crippen LogP contribution in [0.1, 0.15) is 45.4 Å². The van der Waals surface area contributed by atoms with Crippen molar-refractivity contribution in [3.05, 3.63) is 111 Å². The van der Waals surface area contributed by atoms with Crippen molar-refractivity contribution in [2.45, 2.75) is 39.4 Å². The molecular weight excluding hydrogens is 440 g/mol. The molecule has 1 aliphatic rings. The molecule has 176 valence electrons. The van der Waals surface area contributed by atoms with Gasteiger partial charge in [-0.3, -0.25) is 9.69 Å². The van der Waals surface area contributed by atoms with E-state index in [2.05, 4.69) is 69.6 Å². The zero-order valence-electron chi connectivity index (χ0n) is 19.7. The van der Waals surface area contributed by atoms with Crippen LogP contribution in [-0.4, -0.2) is 36.6 Å². The maximum atomic E-state index is 13.5. The first-order chi connectivity index (χ1) is 17.1. The number of benzene rings is 2. The van der Waals surface area contributed by atoms with Crippen LogP contribution < -0.4 is 5.56 Å². The Kier molecular flexibility index (Phi) is 5.30. The maximum absolute atomic E-state index is 13.5. The number of aromatic nitrogens is 5. The minimum absolute atomic E-state index is 0.128. The average molecular weight is 467 g/mol. The van der Waals surface area contributed by atoms with Crippen molar-refractivity contribution in [1.29, 1.82) is 0 Å². The molecule has 1 aliphatic heterocycles. The Morgan fingerprint density at radius 2 is 1.89 bits per heavy atom. The van der Waals surface area contributed by atoms with Gasteiger partial charge in [0.1, 0.15) is 18.3 Å². The van der Waals surface area contributed by atoms with E-state index in [4.69, 9.17) is 4.42 Å². The largest absolute Gasteiger partial charge is 0.467 e. The third-order valence-corrected chi connectivity index (χ3v) is 7.00. The predicted octanol–water partition coefficient (Wildman–Crippen LogP) is 3.92. The monoisotopic (exact) mass is 466 g/mol. The lowest BCUT2D eigenvalue weighted by atomic mass is 9.95. The van der Waals surface area contributed by atoms with Crippen molar-refractivity contribution in [3.8, 4) is 0 Å². The molecule has 8 heteroatoms. The molecule has 0 fully saturated rings.